The predicted octanol–water partition coefficient (Wildman–Crippen LogP) is 3.47. The fourth-order valence-corrected chi connectivity index (χ4v) is 2.96. The Morgan fingerprint density at radius 1 is 1.16 bits per heavy atom. The molecule has 0 bridgehead atoms. The number of oxime groups is 1. The van der Waals surface area contributed by atoms with Crippen LogP contribution in [0, 0.1) is 5.92 Å². The first kappa shape index (κ1) is 21.9. The van der Waals surface area contributed by atoms with Gasteiger partial charge in [-0.15, -0.1) is 10.6 Å². The normalized spacial score (nSPS) is 16.6. The Balaban J connectivity index is 1.25. The van der Waals surface area contributed by atoms with Crippen molar-refractivity contribution in [2.45, 2.75) is 32.5 Å². The number of hydrazine groups is 2. The minimum Gasteiger partial charge on any atom is -0.469 e. The zero-order valence-electron chi connectivity index (χ0n) is 17.4. The van der Waals surface area contributed by atoms with Crippen LogP contribution in [0.4, 0.5) is 13.2 Å². The maximum atomic E-state index is 12.6. The largest absolute Gasteiger partial charge is 0.469 e. The molecular formula is C21H23F3N6O2. The van der Waals surface area contributed by atoms with E-state index in [-0.39, 0.29) is 13.2 Å². The van der Waals surface area contributed by atoms with Crippen LogP contribution in [-0.2, 0) is 17.6 Å². The molecule has 1 saturated carbocycles. The van der Waals surface area contributed by atoms with Crippen LogP contribution in [0.15, 0.2) is 52.9 Å². The van der Waals surface area contributed by atoms with Crippen molar-refractivity contribution in [2.24, 2.45) is 16.2 Å². The first-order valence-corrected chi connectivity index (χ1v) is 10.1. The molecular weight excluding hydrogens is 425 g/mol. The van der Waals surface area contributed by atoms with Crippen molar-refractivity contribution in [2.75, 3.05) is 13.2 Å². The van der Waals surface area contributed by atoms with Crippen molar-refractivity contribution < 1.29 is 22.7 Å². The molecule has 2 heterocycles. The number of hydrazone groups is 1. The Morgan fingerprint density at radius 3 is 2.59 bits per heavy atom. The molecule has 1 aromatic heterocycles. The van der Waals surface area contributed by atoms with Gasteiger partial charge in [-0.2, -0.15) is 13.2 Å². The van der Waals surface area contributed by atoms with E-state index >= 15 is 0 Å². The lowest BCUT2D eigenvalue weighted by Crippen LogP contribution is -2.43. The summed E-state index contributed by atoms with van der Waals surface area (Å²) < 4.78 is 43.5. The molecule has 2 N–H and O–H groups in total. The Labute approximate surface area is 183 Å². The number of hydrogen-bond donors (Lipinski definition) is 2. The number of alkyl halides is 3. The monoisotopic (exact) mass is 448 g/mol. The van der Waals surface area contributed by atoms with E-state index in [1.165, 1.54) is 25.0 Å². The lowest BCUT2D eigenvalue weighted by molar-refractivity contribution is -0.137. The van der Waals surface area contributed by atoms with Gasteiger partial charge in [0.25, 0.3) is 0 Å². The number of nitrogens with one attached hydrogen (secondary N) is 2. The van der Waals surface area contributed by atoms with Crippen LogP contribution >= 0.6 is 0 Å². The van der Waals surface area contributed by atoms with E-state index in [0.29, 0.717) is 23.1 Å². The van der Waals surface area contributed by atoms with E-state index < -0.39 is 11.7 Å². The van der Waals surface area contributed by atoms with Crippen LogP contribution in [0.3, 0.4) is 0 Å². The molecule has 0 saturated heterocycles. The number of halogens is 3. The summed E-state index contributed by atoms with van der Waals surface area (Å²) in [5.41, 5.74) is 6.93. The molecule has 2 aliphatic rings. The molecule has 4 rings (SSSR count). The number of benzene rings is 1. The molecule has 0 atom stereocenters. The number of amidine groups is 1. The molecule has 32 heavy (non-hydrogen) atoms. The van der Waals surface area contributed by atoms with Gasteiger partial charge in [0.2, 0.25) is 5.88 Å². The molecule has 8 nitrogen and oxygen atoms in total. The topological polar surface area (TPSA) is 83.4 Å². The van der Waals surface area contributed by atoms with Gasteiger partial charge in [-0.25, -0.2) is 10.5 Å². The van der Waals surface area contributed by atoms with Gasteiger partial charge in [0.1, 0.15) is 6.61 Å². The van der Waals surface area contributed by atoms with Gasteiger partial charge in [0.15, 0.2) is 12.4 Å². The molecule has 0 radical (unpaired) electrons. The smallest absolute Gasteiger partial charge is 0.416 e. The van der Waals surface area contributed by atoms with E-state index in [2.05, 4.69) is 26.3 Å². The highest BCUT2D eigenvalue weighted by atomic mass is 19.4. The van der Waals surface area contributed by atoms with Crippen molar-refractivity contribution >= 4 is 11.5 Å². The first-order chi connectivity index (χ1) is 15.4. The average Bonchev–Trinajstić information content (AvgIpc) is 3.49. The molecule has 0 unspecified atom stereocenters. The number of pyridine rings is 1. The van der Waals surface area contributed by atoms with Crippen molar-refractivity contribution in [3.63, 3.8) is 0 Å². The summed E-state index contributed by atoms with van der Waals surface area (Å²) in [5.74, 6) is 1.92. The Hall–Kier alpha value is -3.34. The highest BCUT2D eigenvalue weighted by molar-refractivity contribution is 5.98. The molecule has 11 heteroatoms. The second kappa shape index (κ2) is 9.43. The van der Waals surface area contributed by atoms with Gasteiger partial charge in [0.05, 0.1) is 11.3 Å². The van der Waals surface area contributed by atoms with Crippen molar-refractivity contribution in [3.8, 4) is 5.88 Å². The third-order valence-electron chi connectivity index (χ3n) is 5.04. The van der Waals surface area contributed by atoms with Gasteiger partial charge in [-0.1, -0.05) is 17.3 Å². The highest BCUT2D eigenvalue weighted by Gasteiger charge is 2.30. The quantitative estimate of drug-likeness (QED) is 0.452. The Kier molecular flexibility index (Phi) is 6.45. The summed E-state index contributed by atoms with van der Waals surface area (Å²) in [6.07, 6.45) is -0.259. The molecule has 1 fully saturated rings. The summed E-state index contributed by atoms with van der Waals surface area (Å²) in [4.78, 5) is 9.55. The Bertz CT molecular complexity index is 973. The van der Waals surface area contributed by atoms with Gasteiger partial charge in [-0.3, -0.25) is 5.01 Å². The zero-order chi connectivity index (χ0) is 22.6. The number of aromatic nitrogens is 1. The Morgan fingerprint density at radius 2 is 1.94 bits per heavy atom. The van der Waals surface area contributed by atoms with Crippen molar-refractivity contribution in [1.82, 2.24) is 21.1 Å². The summed E-state index contributed by atoms with van der Waals surface area (Å²) >= 11 is 0. The second-order valence-corrected chi connectivity index (χ2v) is 7.62. The summed E-state index contributed by atoms with van der Waals surface area (Å²) in [7, 11) is 0. The summed E-state index contributed by atoms with van der Waals surface area (Å²) in [6.45, 7) is 2.99. The van der Waals surface area contributed by atoms with Gasteiger partial charge in [0, 0.05) is 24.4 Å². The lowest BCUT2D eigenvalue weighted by atomic mass is 10.1. The van der Waals surface area contributed by atoms with Gasteiger partial charge >= 0.3 is 6.18 Å². The van der Waals surface area contributed by atoms with E-state index in [1.807, 2.05) is 5.01 Å². The minimum absolute atomic E-state index is 0.0612. The van der Waals surface area contributed by atoms with E-state index in [0.717, 1.165) is 30.1 Å². The maximum Gasteiger partial charge on any atom is 0.416 e. The summed E-state index contributed by atoms with van der Waals surface area (Å²) in [5, 5.41) is 10.1. The first-order valence-electron chi connectivity index (χ1n) is 10.1. The van der Waals surface area contributed by atoms with Crippen molar-refractivity contribution in [3.05, 3.63) is 59.3 Å². The van der Waals surface area contributed by atoms with E-state index in [1.54, 1.807) is 25.3 Å². The van der Waals surface area contributed by atoms with Crippen LogP contribution in [0.25, 0.3) is 0 Å². The number of nitrogens with zero attached hydrogens (tertiary/aromatic N) is 4. The fourth-order valence-electron chi connectivity index (χ4n) is 2.96. The van der Waals surface area contributed by atoms with E-state index in [4.69, 9.17) is 9.57 Å². The summed E-state index contributed by atoms with van der Waals surface area (Å²) in [6, 6.07) is 8.31. The van der Waals surface area contributed by atoms with Crippen LogP contribution in [0.1, 0.15) is 36.5 Å². The zero-order valence-corrected chi connectivity index (χ0v) is 17.4. The van der Waals surface area contributed by atoms with Crippen LogP contribution in [0.5, 0.6) is 5.88 Å². The standard InChI is InChI=1S/C21H23F3N6O2/c1-14(27-32-12-16-4-7-18(8-5-16)21(22,23)24)17-6-9-20(25-10-17)31-13-19-26-28-29-30(19)11-15-2-3-15/h4-10,15,28-29H,2-3,11-13H2,1H3/b27-14+. The molecule has 0 amide bonds. The molecule has 1 aliphatic heterocycles. The van der Waals surface area contributed by atoms with Crippen LogP contribution in [-0.4, -0.2) is 34.7 Å². The molecule has 0 spiro atoms. The maximum absolute atomic E-state index is 12.6. The number of rotatable bonds is 9. The van der Waals surface area contributed by atoms with Gasteiger partial charge < -0.3 is 9.57 Å². The number of hydrogen-bond acceptors (Lipinski definition) is 8. The molecule has 1 aliphatic carbocycles. The third-order valence-corrected chi connectivity index (χ3v) is 5.04. The van der Waals surface area contributed by atoms with Crippen molar-refractivity contribution in [1.29, 1.82) is 0 Å². The van der Waals surface area contributed by atoms with E-state index in [9.17, 15) is 13.2 Å². The fraction of sp³-hybridized carbons (Fsp3) is 0.381. The second-order valence-electron chi connectivity index (χ2n) is 7.62. The molecule has 170 valence electrons. The van der Waals surface area contributed by atoms with Crippen LogP contribution in [0.2, 0.25) is 0 Å². The SMILES string of the molecule is C/C(=N\OCc1ccc(C(F)(F)F)cc1)c1ccc(OCC2=NNNN2CC2CC2)nc1. The lowest BCUT2D eigenvalue weighted by Gasteiger charge is -2.18. The van der Waals surface area contributed by atoms with Crippen LogP contribution < -0.4 is 15.8 Å². The highest BCUT2D eigenvalue weighted by Crippen LogP contribution is 2.30. The third kappa shape index (κ3) is 5.88. The predicted molar refractivity (Wildman–Crippen MR) is 111 cm³/mol. The van der Waals surface area contributed by atoms with Gasteiger partial charge in [-0.05, 0) is 49.4 Å². The molecule has 1 aromatic carbocycles. The average molecular weight is 448 g/mol. The minimum atomic E-state index is -4.36. The number of ether oxygens (including phenoxy) is 1. The molecule has 2 aromatic rings.